The van der Waals surface area contributed by atoms with Gasteiger partial charge in [-0.1, -0.05) is 43.5 Å². The van der Waals surface area contributed by atoms with Gasteiger partial charge in [0.05, 0.1) is 6.61 Å². The summed E-state index contributed by atoms with van der Waals surface area (Å²) in [6.07, 6.45) is 6.25. The maximum absolute atomic E-state index is 9.80. The van der Waals surface area contributed by atoms with Gasteiger partial charge in [-0.05, 0) is 29.9 Å². The molecule has 0 spiro atoms. The van der Waals surface area contributed by atoms with E-state index in [1.807, 2.05) is 12.1 Å². The molecular formula is C15H22O2. The van der Waals surface area contributed by atoms with E-state index in [-0.39, 0.29) is 0 Å². The van der Waals surface area contributed by atoms with Crippen molar-refractivity contribution in [1.82, 2.24) is 0 Å². The van der Waals surface area contributed by atoms with Crippen LogP contribution in [0.5, 0.6) is 0 Å². The first kappa shape index (κ1) is 12.6. The van der Waals surface area contributed by atoms with Gasteiger partial charge in [-0.15, -0.1) is 0 Å². The molecule has 0 radical (unpaired) electrons. The van der Waals surface area contributed by atoms with E-state index in [1.54, 1.807) is 7.11 Å². The molecule has 1 aliphatic rings. The van der Waals surface area contributed by atoms with Crippen LogP contribution in [0.4, 0.5) is 0 Å². The second-order valence-electron chi connectivity index (χ2n) is 4.97. The van der Waals surface area contributed by atoms with E-state index in [9.17, 15) is 5.11 Å². The first-order valence-electron chi connectivity index (χ1n) is 6.58. The highest BCUT2D eigenvalue weighted by Gasteiger charge is 2.15. The Labute approximate surface area is 104 Å². The Bertz CT molecular complexity index is 325. The van der Waals surface area contributed by atoms with Crippen LogP contribution in [0.2, 0.25) is 0 Å². The number of hydrogen-bond acceptors (Lipinski definition) is 2. The molecule has 94 valence electrons. The molecule has 0 aromatic heterocycles. The molecule has 0 saturated heterocycles. The van der Waals surface area contributed by atoms with Crippen LogP contribution in [0.1, 0.15) is 55.3 Å². The van der Waals surface area contributed by atoms with Crippen LogP contribution in [0, 0.1) is 0 Å². The lowest BCUT2D eigenvalue weighted by atomic mass is 9.84. The van der Waals surface area contributed by atoms with E-state index in [1.165, 1.54) is 37.7 Å². The summed E-state index contributed by atoms with van der Waals surface area (Å²) in [7, 11) is 1.61. The molecule has 0 bridgehead atoms. The van der Waals surface area contributed by atoms with Gasteiger partial charge >= 0.3 is 0 Å². The van der Waals surface area contributed by atoms with Gasteiger partial charge in [0, 0.05) is 7.11 Å². The van der Waals surface area contributed by atoms with Crippen LogP contribution in [0.3, 0.4) is 0 Å². The second kappa shape index (κ2) is 6.18. The Morgan fingerprint density at radius 1 is 1.18 bits per heavy atom. The maximum Gasteiger partial charge on any atom is 0.102 e. The number of benzene rings is 1. The van der Waals surface area contributed by atoms with E-state index in [4.69, 9.17) is 4.74 Å². The molecule has 1 unspecified atom stereocenters. The molecule has 1 N–H and O–H groups in total. The topological polar surface area (TPSA) is 29.5 Å². The lowest BCUT2D eigenvalue weighted by Gasteiger charge is -2.22. The second-order valence-corrected chi connectivity index (χ2v) is 4.97. The fourth-order valence-corrected chi connectivity index (χ4v) is 2.68. The third kappa shape index (κ3) is 3.30. The molecule has 0 aliphatic heterocycles. The molecule has 17 heavy (non-hydrogen) atoms. The van der Waals surface area contributed by atoms with Gasteiger partial charge < -0.3 is 9.84 Å². The molecule has 1 aromatic carbocycles. The zero-order valence-corrected chi connectivity index (χ0v) is 10.6. The largest absolute Gasteiger partial charge is 0.386 e. The lowest BCUT2D eigenvalue weighted by molar-refractivity contribution is 0.0644. The standard InChI is InChI=1S/C15H22O2/c1-17-11-15(16)14-9-7-13(8-10-14)12-5-3-2-4-6-12/h7-10,12,15-16H,2-6,11H2,1H3. The fraction of sp³-hybridized carbons (Fsp3) is 0.600. The number of methoxy groups -OCH3 is 1. The van der Waals surface area contributed by atoms with Crippen LogP contribution in [0.25, 0.3) is 0 Å². The average Bonchev–Trinajstić information content (AvgIpc) is 2.40. The van der Waals surface area contributed by atoms with Crippen molar-refractivity contribution in [3.05, 3.63) is 35.4 Å². The number of aliphatic hydroxyl groups is 1. The molecule has 2 rings (SSSR count). The summed E-state index contributed by atoms with van der Waals surface area (Å²) in [5, 5.41) is 9.80. The minimum atomic E-state index is -0.500. The van der Waals surface area contributed by atoms with E-state index in [0.717, 1.165) is 11.5 Å². The molecule has 0 heterocycles. The van der Waals surface area contributed by atoms with Crippen molar-refractivity contribution in [1.29, 1.82) is 0 Å². The Morgan fingerprint density at radius 3 is 2.41 bits per heavy atom. The summed E-state index contributed by atoms with van der Waals surface area (Å²) in [5.41, 5.74) is 2.38. The van der Waals surface area contributed by atoms with Crippen LogP contribution < -0.4 is 0 Å². The number of ether oxygens (including phenoxy) is 1. The molecule has 0 amide bonds. The van der Waals surface area contributed by atoms with Crippen LogP contribution in [-0.4, -0.2) is 18.8 Å². The van der Waals surface area contributed by atoms with Gasteiger partial charge in [0.25, 0.3) is 0 Å². The Kier molecular flexibility index (Phi) is 4.57. The van der Waals surface area contributed by atoms with Crippen molar-refractivity contribution in [2.45, 2.75) is 44.1 Å². The van der Waals surface area contributed by atoms with Crippen molar-refractivity contribution >= 4 is 0 Å². The predicted molar refractivity (Wildman–Crippen MR) is 69.1 cm³/mol. The first-order chi connectivity index (χ1) is 8.31. The van der Waals surface area contributed by atoms with Crippen molar-refractivity contribution in [2.24, 2.45) is 0 Å². The third-order valence-corrected chi connectivity index (χ3v) is 3.72. The predicted octanol–water partition coefficient (Wildman–Crippen LogP) is 3.41. The fourth-order valence-electron chi connectivity index (χ4n) is 2.68. The SMILES string of the molecule is COCC(O)c1ccc(C2CCCCC2)cc1. The maximum atomic E-state index is 9.80. The van der Waals surface area contributed by atoms with E-state index in [2.05, 4.69) is 12.1 Å². The van der Waals surface area contributed by atoms with Crippen molar-refractivity contribution in [3.63, 3.8) is 0 Å². The van der Waals surface area contributed by atoms with Crippen LogP contribution in [-0.2, 0) is 4.74 Å². The van der Waals surface area contributed by atoms with E-state index in [0.29, 0.717) is 6.61 Å². The molecule has 1 aromatic rings. The quantitative estimate of drug-likeness (QED) is 0.865. The van der Waals surface area contributed by atoms with Gasteiger partial charge in [-0.2, -0.15) is 0 Å². The summed E-state index contributed by atoms with van der Waals surface area (Å²) in [5.74, 6) is 0.734. The molecule has 1 atom stereocenters. The number of rotatable bonds is 4. The smallest absolute Gasteiger partial charge is 0.102 e. The summed E-state index contributed by atoms with van der Waals surface area (Å²) >= 11 is 0. The highest BCUT2D eigenvalue weighted by molar-refractivity contribution is 5.27. The molecule has 2 nitrogen and oxygen atoms in total. The lowest BCUT2D eigenvalue weighted by Crippen LogP contribution is -2.07. The molecule has 1 saturated carbocycles. The van der Waals surface area contributed by atoms with Gasteiger partial charge in [0.2, 0.25) is 0 Å². The molecular weight excluding hydrogens is 212 g/mol. The molecule has 1 fully saturated rings. The number of hydrogen-bond donors (Lipinski definition) is 1. The summed E-state index contributed by atoms with van der Waals surface area (Å²) in [6.45, 7) is 0.364. The Hall–Kier alpha value is -0.860. The van der Waals surface area contributed by atoms with Crippen LogP contribution >= 0.6 is 0 Å². The van der Waals surface area contributed by atoms with Gasteiger partial charge in [-0.25, -0.2) is 0 Å². The third-order valence-electron chi connectivity index (χ3n) is 3.72. The molecule has 1 aliphatic carbocycles. The average molecular weight is 234 g/mol. The van der Waals surface area contributed by atoms with Crippen molar-refractivity contribution in [2.75, 3.05) is 13.7 Å². The monoisotopic (exact) mass is 234 g/mol. The minimum absolute atomic E-state index is 0.364. The summed E-state index contributed by atoms with van der Waals surface area (Å²) in [4.78, 5) is 0. The van der Waals surface area contributed by atoms with E-state index >= 15 is 0 Å². The highest BCUT2D eigenvalue weighted by Crippen LogP contribution is 2.32. The zero-order chi connectivity index (χ0) is 12.1. The Morgan fingerprint density at radius 2 is 1.82 bits per heavy atom. The van der Waals surface area contributed by atoms with E-state index < -0.39 is 6.10 Å². The van der Waals surface area contributed by atoms with Crippen molar-refractivity contribution in [3.8, 4) is 0 Å². The van der Waals surface area contributed by atoms with Crippen LogP contribution in [0.15, 0.2) is 24.3 Å². The summed E-state index contributed by atoms with van der Waals surface area (Å²) < 4.78 is 4.95. The minimum Gasteiger partial charge on any atom is -0.386 e. The Balaban J connectivity index is 2.01. The summed E-state index contributed by atoms with van der Waals surface area (Å²) in [6, 6.07) is 8.41. The van der Waals surface area contributed by atoms with Gasteiger partial charge in [0.15, 0.2) is 0 Å². The normalized spacial score (nSPS) is 19.2. The highest BCUT2D eigenvalue weighted by atomic mass is 16.5. The first-order valence-corrected chi connectivity index (χ1v) is 6.58. The van der Waals surface area contributed by atoms with Crippen molar-refractivity contribution < 1.29 is 9.84 Å². The van der Waals surface area contributed by atoms with Gasteiger partial charge in [-0.3, -0.25) is 0 Å². The number of aliphatic hydroxyl groups excluding tert-OH is 1. The molecule has 2 heteroatoms. The van der Waals surface area contributed by atoms with Gasteiger partial charge in [0.1, 0.15) is 6.10 Å². The zero-order valence-electron chi connectivity index (χ0n) is 10.6.